The Morgan fingerprint density at radius 3 is 2.76 bits per heavy atom. The Morgan fingerprint density at radius 2 is 1.97 bits per heavy atom. The fourth-order valence-electron chi connectivity index (χ4n) is 2.95. The molecule has 2 aromatic carbocycles. The highest BCUT2D eigenvalue weighted by Gasteiger charge is 2.14. The predicted octanol–water partition coefficient (Wildman–Crippen LogP) is 5.04. The number of hydrogen-bond acceptors (Lipinski definition) is 5. The second kappa shape index (κ2) is 7.26. The maximum absolute atomic E-state index is 12.7. The average molecular weight is 485 g/mol. The monoisotopic (exact) mass is 483 g/mol. The van der Waals surface area contributed by atoms with Gasteiger partial charge in [0.15, 0.2) is 5.82 Å². The minimum Gasteiger partial charge on any atom is -0.457 e. The van der Waals surface area contributed by atoms with Gasteiger partial charge in [-0.05, 0) is 36.4 Å². The van der Waals surface area contributed by atoms with Gasteiger partial charge < -0.3 is 4.42 Å². The number of hydrogen-bond donors (Lipinski definition) is 0. The van der Waals surface area contributed by atoms with Crippen LogP contribution in [0.4, 0.5) is 0 Å². The second-order valence-electron chi connectivity index (χ2n) is 6.24. The molecule has 5 rings (SSSR count). The van der Waals surface area contributed by atoms with Crippen molar-refractivity contribution in [3.05, 3.63) is 90.8 Å². The van der Waals surface area contributed by atoms with E-state index in [1.807, 2.05) is 54.6 Å². The van der Waals surface area contributed by atoms with Gasteiger partial charge in [0.25, 0.3) is 5.56 Å². The molecule has 29 heavy (non-hydrogen) atoms. The van der Waals surface area contributed by atoms with E-state index in [9.17, 15) is 4.79 Å². The zero-order valence-electron chi connectivity index (χ0n) is 14.7. The van der Waals surface area contributed by atoms with Gasteiger partial charge in [-0.3, -0.25) is 4.79 Å². The molecule has 5 aromatic rings. The van der Waals surface area contributed by atoms with Crippen molar-refractivity contribution < 1.29 is 4.42 Å². The van der Waals surface area contributed by atoms with Crippen LogP contribution in [0, 0.1) is 0 Å². The van der Waals surface area contributed by atoms with E-state index in [1.165, 1.54) is 15.9 Å². The molecule has 5 nitrogen and oxygen atoms in total. The van der Waals surface area contributed by atoms with Gasteiger partial charge in [0.05, 0.1) is 5.02 Å². The smallest absolute Gasteiger partial charge is 0.291 e. The number of halogens is 2. The summed E-state index contributed by atoms with van der Waals surface area (Å²) in [6.45, 7) is 0. The van der Waals surface area contributed by atoms with Crippen molar-refractivity contribution in [2.24, 2.45) is 0 Å². The van der Waals surface area contributed by atoms with E-state index in [0.29, 0.717) is 31.7 Å². The molecule has 142 valence electrons. The molecular formula is C21H11BrClN3O2S. The number of rotatable bonds is 3. The highest BCUT2D eigenvalue weighted by atomic mass is 79.9. The topological polar surface area (TPSA) is 60.4 Å². The third kappa shape index (κ3) is 3.42. The summed E-state index contributed by atoms with van der Waals surface area (Å²) < 4.78 is 8.66. The molecule has 0 aliphatic rings. The minimum atomic E-state index is -0.240. The summed E-state index contributed by atoms with van der Waals surface area (Å²) in [6.07, 6.45) is 1.71. The Morgan fingerprint density at radius 1 is 1.10 bits per heavy atom. The quantitative estimate of drug-likeness (QED) is 0.360. The van der Waals surface area contributed by atoms with Gasteiger partial charge >= 0.3 is 0 Å². The first kappa shape index (κ1) is 18.3. The summed E-state index contributed by atoms with van der Waals surface area (Å²) in [5.41, 5.74) is 1.41. The maximum atomic E-state index is 12.7. The fraction of sp³-hybridized carbons (Fsp3) is 0. The third-order valence-electron chi connectivity index (χ3n) is 4.31. The van der Waals surface area contributed by atoms with Crippen molar-refractivity contribution in [3.8, 4) is 22.7 Å². The Kier molecular flexibility index (Phi) is 4.58. The molecule has 0 N–H and O–H groups in total. The predicted molar refractivity (Wildman–Crippen MR) is 118 cm³/mol. The standard InChI is InChI=1S/C21H11BrClN3O2S/c22-13-5-3-4-12(10-13)17-9-8-14(28-17)11-18-20(27)26-21(29-18)24-19(25-26)15-6-1-2-7-16(15)23/h1-11H. The van der Waals surface area contributed by atoms with Crippen LogP contribution in [0.3, 0.4) is 0 Å². The van der Waals surface area contributed by atoms with E-state index in [1.54, 1.807) is 12.1 Å². The van der Waals surface area contributed by atoms with Crippen LogP contribution in [-0.4, -0.2) is 14.6 Å². The Balaban J connectivity index is 1.54. The minimum absolute atomic E-state index is 0.240. The molecule has 8 heteroatoms. The number of aromatic nitrogens is 3. The van der Waals surface area contributed by atoms with E-state index >= 15 is 0 Å². The van der Waals surface area contributed by atoms with Crippen LogP contribution >= 0.6 is 38.9 Å². The first-order chi connectivity index (χ1) is 14.1. The highest BCUT2D eigenvalue weighted by molar-refractivity contribution is 9.10. The number of furan rings is 1. The molecule has 0 unspecified atom stereocenters. The SMILES string of the molecule is O=c1c(=Cc2ccc(-c3cccc(Br)c3)o2)sc2nc(-c3ccccc3Cl)nn12. The summed E-state index contributed by atoms with van der Waals surface area (Å²) in [7, 11) is 0. The van der Waals surface area contributed by atoms with Gasteiger partial charge in [-0.15, -0.1) is 5.10 Å². The molecule has 0 bridgehead atoms. The van der Waals surface area contributed by atoms with Crippen molar-refractivity contribution in [1.29, 1.82) is 0 Å². The lowest BCUT2D eigenvalue weighted by molar-refractivity contribution is 0.571. The van der Waals surface area contributed by atoms with Crippen molar-refractivity contribution in [2.75, 3.05) is 0 Å². The van der Waals surface area contributed by atoms with Crippen LogP contribution < -0.4 is 10.1 Å². The summed E-state index contributed by atoms with van der Waals surface area (Å²) >= 11 is 10.9. The van der Waals surface area contributed by atoms with E-state index in [-0.39, 0.29) is 5.56 Å². The van der Waals surface area contributed by atoms with Gasteiger partial charge in [-0.2, -0.15) is 9.50 Å². The number of nitrogens with zero attached hydrogens (tertiary/aromatic N) is 3. The molecule has 0 saturated carbocycles. The second-order valence-corrected chi connectivity index (χ2v) is 8.57. The molecule has 0 saturated heterocycles. The van der Waals surface area contributed by atoms with Gasteiger partial charge in [0, 0.05) is 21.7 Å². The van der Waals surface area contributed by atoms with E-state index in [2.05, 4.69) is 26.0 Å². The van der Waals surface area contributed by atoms with Crippen molar-refractivity contribution in [2.45, 2.75) is 0 Å². The summed E-state index contributed by atoms with van der Waals surface area (Å²) in [5.74, 6) is 1.75. The lowest BCUT2D eigenvalue weighted by Gasteiger charge is -1.97. The number of thiazole rings is 1. The van der Waals surface area contributed by atoms with Crippen molar-refractivity contribution in [1.82, 2.24) is 14.6 Å². The summed E-state index contributed by atoms with van der Waals surface area (Å²) in [4.78, 5) is 17.7. The van der Waals surface area contributed by atoms with Gasteiger partial charge in [0.2, 0.25) is 4.96 Å². The zero-order chi connectivity index (χ0) is 20.0. The molecule has 0 fully saturated rings. The average Bonchev–Trinajstić information content (AvgIpc) is 3.40. The van der Waals surface area contributed by atoms with Crippen LogP contribution in [0.15, 0.2) is 74.3 Å². The molecule has 0 amide bonds. The highest BCUT2D eigenvalue weighted by Crippen LogP contribution is 2.26. The fourth-order valence-corrected chi connectivity index (χ4v) is 4.45. The van der Waals surface area contributed by atoms with Crippen LogP contribution in [0.5, 0.6) is 0 Å². The Labute approximate surface area is 182 Å². The first-order valence-electron chi connectivity index (χ1n) is 8.60. The normalized spacial score (nSPS) is 12.1. The molecular weight excluding hydrogens is 474 g/mol. The van der Waals surface area contributed by atoms with E-state index < -0.39 is 0 Å². The van der Waals surface area contributed by atoms with Crippen LogP contribution in [0.25, 0.3) is 33.7 Å². The van der Waals surface area contributed by atoms with Crippen molar-refractivity contribution >= 4 is 49.9 Å². The number of benzene rings is 2. The molecule has 0 aliphatic heterocycles. The van der Waals surface area contributed by atoms with Gasteiger partial charge in [-0.1, -0.05) is 63.1 Å². The third-order valence-corrected chi connectivity index (χ3v) is 6.09. The van der Waals surface area contributed by atoms with E-state index in [4.69, 9.17) is 16.0 Å². The lowest BCUT2D eigenvalue weighted by Crippen LogP contribution is -2.23. The molecule has 3 aromatic heterocycles. The van der Waals surface area contributed by atoms with Gasteiger partial charge in [0.1, 0.15) is 16.1 Å². The lowest BCUT2D eigenvalue weighted by atomic mass is 10.2. The molecule has 0 aliphatic carbocycles. The summed E-state index contributed by atoms with van der Waals surface area (Å²) in [5, 5.41) is 4.87. The first-order valence-corrected chi connectivity index (χ1v) is 10.6. The largest absolute Gasteiger partial charge is 0.457 e. The molecule has 0 spiro atoms. The van der Waals surface area contributed by atoms with Crippen molar-refractivity contribution in [3.63, 3.8) is 0 Å². The summed E-state index contributed by atoms with van der Waals surface area (Å²) in [6, 6.07) is 18.8. The number of fused-ring (bicyclic) bond motifs is 1. The van der Waals surface area contributed by atoms with E-state index in [0.717, 1.165) is 15.8 Å². The van der Waals surface area contributed by atoms with Gasteiger partial charge in [-0.25, -0.2) is 0 Å². The Hall–Kier alpha value is -2.74. The zero-order valence-corrected chi connectivity index (χ0v) is 17.8. The van der Waals surface area contributed by atoms with Crippen LogP contribution in [0.2, 0.25) is 5.02 Å². The molecule has 0 radical (unpaired) electrons. The Bertz CT molecular complexity index is 1470. The molecule has 0 atom stereocenters. The van der Waals surface area contributed by atoms with Crippen LogP contribution in [-0.2, 0) is 0 Å². The van der Waals surface area contributed by atoms with Crippen LogP contribution in [0.1, 0.15) is 5.76 Å². The maximum Gasteiger partial charge on any atom is 0.291 e. The molecule has 3 heterocycles.